The van der Waals surface area contributed by atoms with E-state index in [-0.39, 0.29) is 28.2 Å². The van der Waals surface area contributed by atoms with E-state index >= 15 is 0 Å². The Morgan fingerprint density at radius 1 is 0.875 bits per heavy atom. The predicted octanol–water partition coefficient (Wildman–Crippen LogP) is 6.24. The fourth-order valence-corrected chi connectivity index (χ4v) is 3.54. The summed E-state index contributed by atoms with van der Waals surface area (Å²) in [6, 6.07) is 20.1. The number of ketones is 1. The van der Waals surface area contributed by atoms with Gasteiger partial charge in [0.05, 0.1) is 10.6 Å². The highest BCUT2D eigenvalue weighted by molar-refractivity contribution is 6.15. The molecule has 0 unspecified atom stereocenters. The van der Waals surface area contributed by atoms with Crippen molar-refractivity contribution >= 4 is 40.7 Å². The fraction of sp³-hybridized carbons (Fsp3) is 0.0357. The zero-order valence-corrected chi connectivity index (χ0v) is 20.3. The Morgan fingerprint density at radius 3 is 2.23 bits per heavy atom. The monoisotopic (exact) mass is 549 g/mol. The molecule has 0 saturated heterocycles. The number of nitro benzene ring substituents is 1. The number of nitrogens with zero attached hydrogens (tertiary/aromatic N) is 1. The molecule has 0 aliphatic heterocycles. The van der Waals surface area contributed by atoms with Gasteiger partial charge in [-0.2, -0.15) is 13.2 Å². The zero-order chi connectivity index (χ0) is 28.9. The van der Waals surface area contributed by atoms with Gasteiger partial charge in [-0.15, -0.1) is 0 Å². The molecule has 0 aliphatic rings. The molecule has 1 heterocycles. The highest BCUT2D eigenvalue weighted by Crippen LogP contribution is 2.27. The van der Waals surface area contributed by atoms with Gasteiger partial charge >= 0.3 is 12.1 Å². The van der Waals surface area contributed by atoms with Crippen LogP contribution in [0.3, 0.4) is 0 Å². The van der Waals surface area contributed by atoms with E-state index in [9.17, 15) is 37.7 Å². The van der Waals surface area contributed by atoms with Gasteiger partial charge in [-0.25, -0.2) is 0 Å². The minimum absolute atomic E-state index is 0.0727. The van der Waals surface area contributed by atoms with Crippen LogP contribution >= 0.6 is 0 Å². The molecule has 4 aromatic rings. The number of hydrogen-bond donors (Lipinski definition) is 2. The number of rotatable bonds is 8. The summed E-state index contributed by atoms with van der Waals surface area (Å²) < 4.78 is 44.1. The van der Waals surface area contributed by atoms with E-state index in [4.69, 9.17) is 4.42 Å². The normalized spacial score (nSPS) is 11.3. The predicted molar refractivity (Wildman–Crippen MR) is 139 cm³/mol. The number of nitrogens with one attached hydrogen (secondary N) is 2. The lowest BCUT2D eigenvalue weighted by Crippen LogP contribution is -2.30. The molecule has 2 amide bonds. The largest absolute Gasteiger partial charge is 0.471 e. The molecule has 3 aromatic carbocycles. The summed E-state index contributed by atoms with van der Waals surface area (Å²) in [5, 5.41) is 15.0. The average Bonchev–Trinajstić information content (AvgIpc) is 3.41. The lowest BCUT2D eigenvalue weighted by Gasteiger charge is -2.14. The van der Waals surface area contributed by atoms with Gasteiger partial charge in [0.2, 0.25) is 5.91 Å². The number of carbonyl (C=O) groups excluding carboxylic acids is 3. The Kier molecular flexibility index (Phi) is 7.89. The van der Waals surface area contributed by atoms with E-state index in [2.05, 4.69) is 5.32 Å². The number of nitro groups is 1. The molecule has 202 valence electrons. The number of non-ortho nitro benzene ring substituents is 1. The first-order valence-corrected chi connectivity index (χ1v) is 11.5. The second-order valence-electron chi connectivity index (χ2n) is 8.24. The minimum Gasteiger partial charge on any atom is -0.457 e. The molecule has 0 saturated carbocycles. The smallest absolute Gasteiger partial charge is 0.457 e. The minimum atomic E-state index is -5.17. The third kappa shape index (κ3) is 6.67. The molecule has 40 heavy (non-hydrogen) atoms. The molecule has 1 aromatic heterocycles. The maximum absolute atomic E-state index is 13.0. The molecular weight excluding hydrogens is 531 g/mol. The molecule has 12 heteroatoms. The number of carbonyl (C=O) groups is 3. The van der Waals surface area contributed by atoms with Gasteiger partial charge in [0.15, 0.2) is 5.78 Å². The van der Waals surface area contributed by atoms with Crippen molar-refractivity contribution in [1.29, 1.82) is 0 Å². The van der Waals surface area contributed by atoms with Gasteiger partial charge < -0.3 is 15.1 Å². The number of alkyl halides is 3. The molecule has 0 atom stereocenters. The van der Waals surface area contributed by atoms with Crippen LogP contribution in [-0.2, 0) is 9.59 Å². The summed E-state index contributed by atoms with van der Waals surface area (Å²) in [5.74, 6) is -2.84. The van der Waals surface area contributed by atoms with Crippen LogP contribution in [0.1, 0.15) is 21.7 Å². The Labute approximate surface area is 224 Å². The van der Waals surface area contributed by atoms with Gasteiger partial charge in [-0.1, -0.05) is 30.3 Å². The molecule has 0 fully saturated rings. The van der Waals surface area contributed by atoms with E-state index in [0.717, 1.165) is 18.2 Å². The average molecular weight is 549 g/mol. The molecule has 0 bridgehead atoms. The van der Waals surface area contributed by atoms with Crippen LogP contribution in [0.5, 0.6) is 0 Å². The van der Waals surface area contributed by atoms with Crippen LogP contribution in [0.25, 0.3) is 17.4 Å². The first-order valence-electron chi connectivity index (χ1n) is 11.5. The Bertz CT molecular complexity index is 1610. The van der Waals surface area contributed by atoms with Crippen LogP contribution in [0, 0.1) is 10.1 Å². The van der Waals surface area contributed by atoms with Crippen molar-refractivity contribution < 1.29 is 36.9 Å². The third-order valence-corrected chi connectivity index (χ3v) is 5.46. The first-order chi connectivity index (χ1) is 19.0. The fourth-order valence-electron chi connectivity index (χ4n) is 3.54. The Morgan fingerprint density at radius 2 is 1.57 bits per heavy atom. The van der Waals surface area contributed by atoms with Gasteiger partial charge in [0.25, 0.3) is 5.69 Å². The lowest BCUT2D eigenvalue weighted by molar-refractivity contribution is -0.384. The van der Waals surface area contributed by atoms with Crippen LogP contribution in [-0.4, -0.2) is 28.7 Å². The van der Waals surface area contributed by atoms with E-state index in [1.165, 1.54) is 48.5 Å². The van der Waals surface area contributed by atoms with Crippen LogP contribution in [0.15, 0.2) is 95.4 Å². The number of amides is 2. The molecule has 9 nitrogen and oxygen atoms in total. The van der Waals surface area contributed by atoms with Crippen molar-refractivity contribution in [2.75, 3.05) is 10.6 Å². The van der Waals surface area contributed by atoms with Crippen molar-refractivity contribution in [3.8, 4) is 11.3 Å². The number of hydrogen-bond acceptors (Lipinski definition) is 6. The maximum atomic E-state index is 13.0. The van der Waals surface area contributed by atoms with E-state index in [0.29, 0.717) is 17.1 Å². The van der Waals surface area contributed by atoms with Gasteiger partial charge in [-0.3, -0.25) is 24.5 Å². The lowest BCUT2D eigenvalue weighted by atomic mass is 10.0. The summed E-state index contributed by atoms with van der Waals surface area (Å²) in [4.78, 5) is 47.3. The van der Waals surface area contributed by atoms with Crippen molar-refractivity contribution in [2.45, 2.75) is 6.18 Å². The second-order valence-corrected chi connectivity index (χ2v) is 8.24. The zero-order valence-electron chi connectivity index (χ0n) is 20.3. The quantitative estimate of drug-likeness (QED) is 0.116. The van der Waals surface area contributed by atoms with Crippen molar-refractivity contribution in [1.82, 2.24) is 0 Å². The second kappa shape index (κ2) is 11.5. The van der Waals surface area contributed by atoms with Crippen LogP contribution in [0.4, 0.5) is 30.2 Å². The van der Waals surface area contributed by atoms with Crippen molar-refractivity contribution in [2.24, 2.45) is 0 Å². The number of furan rings is 1. The summed E-state index contributed by atoms with van der Waals surface area (Å²) in [7, 11) is 0. The van der Waals surface area contributed by atoms with Crippen LogP contribution < -0.4 is 10.6 Å². The molecular formula is C28H18F3N3O6. The summed E-state index contributed by atoms with van der Waals surface area (Å²) in [5.41, 5.74) is 0.128. The summed E-state index contributed by atoms with van der Waals surface area (Å²) in [6.45, 7) is 0. The Hall–Kier alpha value is -5.52. The number of halogens is 3. The van der Waals surface area contributed by atoms with Crippen LogP contribution in [0.2, 0.25) is 0 Å². The molecule has 0 radical (unpaired) electrons. The molecule has 2 N–H and O–H groups in total. The van der Waals surface area contributed by atoms with Gasteiger partial charge in [0.1, 0.15) is 11.5 Å². The summed E-state index contributed by atoms with van der Waals surface area (Å²) in [6.07, 6.45) is -2.68. The standard InChI is InChI=1S/C28H18F3N3O6/c29-28(30,31)27(37)33-23-13-8-19(16-22(23)26(36)18-4-2-1-3-5-18)32-25(35)15-12-21-11-14-24(40-21)17-6-9-20(10-7-17)34(38)39/h1-16H,(H,32,35)(H,33,37)/b15-12-. The van der Waals surface area contributed by atoms with Gasteiger partial charge in [0, 0.05) is 40.6 Å². The van der Waals surface area contributed by atoms with E-state index < -0.39 is 28.7 Å². The third-order valence-electron chi connectivity index (χ3n) is 5.46. The SMILES string of the molecule is O=C(/C=C\c1ccc(-c2ccc([N+](=O)[O-])cc2)o1)Nc1ccc(NC(=O)C(F)(F)F)c(C(=O)c2ccccc2)c1. The molecule has 0 spiro atoms. The number of benzene rings is 3. The Balaban J connectivity index is 1.51. The highest BCUT2D eigenvalue weighted by atomic mass is 19.4. The topological polar surface area (TPSA) is 132 Å². The highest BCUT2D eigenvalue weighted by Gasteiger charge is 2.39. The molecule has 4 rings (SSSR count). The number of anilines is 2. The summed E-state index contributed by atoms with van der Waals surface area (Å²) >= 11 is 0. The van der Waals surface area contributed by atoms with E-state index in [1.807, 2.05) is 0 Å². The van der Waals surface area contributed by atoms with E-state index in [1.54, 1.807) is 35.6 Å². The maximum Gasteiger partial charge on any atom is 0.471 e. The van der Waals surface area contributed by atoms with Crippen molar-refractivity contribution in [3.63, 3.8) is 0 Å². The van der Waals surface area contributed by atoms with Gasteiger partial charge in [-0.05, 0) is 48.5 Å². The first kappa shape index (κ1) is 27.5. The van der Waals surface area contributed by atoms with Crippen molar-refractivity contribution in [3.05, 3.63) is 118 Å². The molecule has 0 aliphatic carbocycles.